The van der Waals surface area contributed by atoms with E-state index in [4.69, 9.17) is 21.7 Å². The standard InChI is InChI=1S/C18H36OS3.C15H29BrO2.C12H26S.CS2/c1-4-6-7-8-9-10-11-12-13-14-15-21-18(20)22-17(3)16-19-5-2;1-3-4-5-6-7-8-9-10-11-12-13-18-15(17)14(2)16;1-2-3-4-5-6-7-8-9-10-11-12-13;2-1-3/h17H,4-16H2,1-3H3;14H,3-13H2,1-2H3;13H,2-12H2,1H3;. The van der Waals surface area contributed by atoms with Crippen LogP contribution in [0.5, 0.6) is 0 Å². The quantitative estimate of drug-likeness (QED) is 0.0217. The summed E-state index contributed by atoms with van der Waals surface area (Å²) >= 11 is 24.4. The second-order valence-electron chi connectivity index (χ2n) is 14.8. The smallest absolute Gasteiger partial charge is 0.319 e. The first-order chi connectivity index (χ1) is 27.2. The molecule has 0 amide bonds. The molecule has 0 heterocycles. The van der Waals surface area contributed by atoms with Gasteiger partial charge >= 0.3 is 5.97 Å². The molecule has 0 aliphatic heterocycles. The predicted molar refractivity (Wildman–Crippen MR) is 278 cm³/mol. The Morgan fingerprint density at radius 2 is 0.946 bits per heavy atom. The van der Waals surface area contributed by atoms with Crippen molar-refractivity contribution < 1.29 is 14.3 Å². The molecular weight excluding hydrogens is 873 g/mol. The zero-order chi connectivity index (χ0) is 42.6. The molecule has 0 saturated heterocycles. The second-order valence-corrected chi connectivity index (χ2v) is 21.0. The van der Waals surface area contributed by atoms with Gasteiger partial charge in [0.15, 0.2) is 0 Å². The summed E-state index contributed by atoms with van der Waals surface area (Å²) in [6.07, 6.45) is 41.2. The summed E-state index contributed by atoms with van der Waals surface area (Å²) in [7, 11) is 0. The molecule has 0 spiro atoms. The molecule has 0 saturated carbocycles. The Kier molecular flexibility index (Phi) is 69.1. The molecular formula is C46H91BrO3S6. The highest BCUT2D eigenvalue weighted by Crippen LogP contribution is 2.23. The van der Waals surface area contributed by atoms with Gasteiger partial charge in [-0.1, -0.05) is 229 Å². The number of esters is 1. The van der Waals surface area contributed by atoms with Crippen LogP contribution in [0, 0.1) is 0 Å². The van der Waals surface area contributed by atoms with Crippen LogP contribution in [-0.2, 0) is 14.3 Å². The molecule has 2 atom stereocenters. The fraction of sp³-hybridized carbons (Fsp3) is 0.935. The lowest BCUT2D eigenvalue weighted by atomic mass is 10.1. The highest BCUT2D eigenvalue weighted by atomic mass is 79.9. The number of hydrogen-bond acceptors (Lipinski definition) is 9. The van der Waals surface area contributed by atoms with E-state index in [0.29, 0.717) is 11.9 Å². The number of halogens is 1. The minimum Gasteiger partial charge on any atom is -0.465 e. The SMILES string of the molecule is CCCCCCCCCCCCOC(=O)C(C)Br.CCCCCCCCCCCCS.CCCCCCCCCCCCSC(=S)SC(C)COCC.S=C=S. The maximum absolute atomic E-state index is 11.1. The second kappa shape index (κ2) is 60.6. The average Bonchev–Trinajstić information content (AvgIpc) is 3.18. The Morgan fingerprint density at radius 1 is 0.607 bits per heavy atom. The van der Waals surface area contributed by atoms with Gasteiger partial charge in [-0.3, -0.25) is 4.79 Å². The molecule has 0 aromatic carbocycles. The summed E-state index contributed by atoms with van der Waals surface area (Å²) in [6, 6.07) is 0. The van der Waals surface area contributed by atoms with E-state index in [1.165, 1.54) is 192 Å². The Bertz CT molecular complexity index is 774. The molecule has 0 aliphatic rings. The van der Waals surface area contributed by atoms with Crippen LogP contribution in [0.2, 0.25) is 0 Å². The lowest BCUT2D eigenvalue weighted by Crippen LogP contribution is -2.14. The Balaban J connectivity index is -0.000000359. The topological polar surface area (TPSA) is 35.5 Å². The van der Waals surface area contributed by atoms with E-state index in [9.17, 15) is 4.79 Å². The van der Waals surface area contributed by atoms with Crippen LogP contribution in [0.15, 0.2) is 0 Å². The fourth-order valence-electron chi connectivity index (χ4n) is 5.74. The summed E-state index contributed by atoms with van der Waals surface area (Å²) < 4.78 is 13.5. The summed E-state index contributed by atoms with van der Waals surface area (Å²) in [6.45, 7) is 15.0. The molecule has 0 aliphatic carbocycles. The molecule has 0 N–H and O–H groups in total. The van der Waals surface area contributed by atoms with Gasteiger partial charge in [0, 0.05) is 16.2 Å². The molecule has 2 unspecified atom stereocenters. The third kappa shape index (κ3) is 67.1. The average molecular weight is 965 g/mol. The molecule has 0 bridgehead atoms. The first-order valence-electron chi connectivity index (χ1n) is 23.0. The van der Waals surface area contributed by atoms with E-state index in [0.717, 1.165) is 28.9 Å². The van der Waals surface area contributed by atoms with Crippen molar-refractivity contribution in [2.24, 2.45) is 0 Å². The van der Waals surface area contributed by atoms with Gasteiger partial charge in [-0.05, 0) is 69.1 Å². The van der Waals surface area contributed by atoms with Gasteiger partial charge in [-0.15, -0.1) is 23.5 Å². The van der Waals surface area contributed by atoms with Gasteiger partial charge in [-0.2, -0.15) is 12.6 Å². The summed E-state index contributed by atoms with van der Waals surface area (Å²) in [5.41, 5.74) is 0. The molecule has 3 nitrogen and oxygen atoms in total. The van der Waals surface area contributed by atoms with E-state index in [1.54, 1.807) is 18.7 Å². The molecule has 10 heteroatoms. The number of carbonyl (C=O) groups is 1. The first kappa shape index (κ1) is 63.9. The van der Waals surface area contributed by atoms with Crippen molar-refractivity contribution in [2.75, 3.05) is 31.3 Å². The zero-order valence-electron chi connectivity index (χ0n) is 37.5. The minimum absolute atomic E-state index is 0.147. The third-order valence-corrected chi connectivity index (χ3v) is 12.6. The Hall–Kier alpha value is 1.27. The predicted octanol–water partition coefficient (Wildman–Crippen LogP) is 18.2. The maximum atomic E-state index is 11.1. The Morgan fingerprint density at radius 3 is 1.29 bits per heavy atom. The number of unbranched alkanes of at least 4 members (excludes halogenated alkanes) is 27. The molecule has 0 radical (unpaired) electrons. The van der Waals surface area contributed by atoms with E-state index in [-0.39, 0.29) is 10.8 Å². The van der Waals surface area contributed by atoms with Crippen LogP contribution in [0.1, 0.15) is 234 Å². The van der Waals surface area contributed by atoms with Crippen LogP contribution < -0.4 is 0 Å². The number of hydrogen-bond donors (Lipinski definition) is 1. The molecule has 336 valence electrons. The normalized spacial score (nSPS) is 11.5. The number of ether oxygens (including phenoxy) is 2. The van der Waals surface area contributed by atoms with Gasteiger partial charge in [0.25, 0.3) is 0 Å². The highest BCUT2D eigenvalue weighted by Gasteiger charge is 2.09. The van der Waals surface area contributed by atoms with Gasteiger partial charge in [0.2, 0.25) is 0 Å². The van der Waals surface area contributed by atoms with Crippen molar-refractivity contribution in [3.63, 3.8) is 0 Å². The van der Waals surface area contributed by atoms with E-state index in [2.05, 4.69) is 80.7 Å². The van der Waals surface area contributed by atoms with Crippen molar-refractivity contribution in [2.45, 2.75) is 244 Å². The molecule has 0 rings (SSSR count). The van der Waals surface area contributed by atoms with Crippen molar-refractivity contribution in [3.05, 3.63) is 0 Å². The maximum Gasteiger partial charge on any atom is 0.319 e. The van der Waals surface area contributed by atoms with Crippen LogP contribution in [-0.4, -0.2) is 55.2 Å². The van der Waals surface area contributed by atoms with Gasteiger partial charge in [-0.25, -0.2) is 0 Å². The number of alkyl halides is 1. The number of thiol groups is 1. The van der Waals surface area contributed by atoms with E-state index >= 15 is 0 Å². The summed E-state index contributed by atoms with van der Waals surface area (Å²) in [4.78, 5) is 11.0. The summed E-state index contributed by atoms with van der Waals surface area (Å²) in [5.74, 6) is 2.10. The molecule has 56 heavy (non-hydrogen) atoms. The monoisotopic (exact) mass is 962 g/mol. The van der Waals surface area contributed by atoms with Crippen molar-refractivity contribution in [1.29, 1.82) is 0 Å². The van der Waals surface area contributed by atoms with Crippen LogP contribution >= 0.6 is 88.7 Å². The van der Waals surface area contributed by atoms with Gasteiger partial charge in [0.05, 0.1) is 13.2 Å². The van der Waals surface area contributed by atoms with Crippen LogP contribution in [0.3, 0.4) is 0 Å². The van der Waals surface area contributed by atoms with Gasteiger partial charge in [0.1, 0.15) is 8.36 Å². The highest BCUT2D eigenvalue weighted by molar-refractivity contribution is 9.10. The first-order valence-corrected chi connectivity index (χ1v) is 27.7. The number of thiocarbonyl (C=S) groups is 3. The number of thioether (sulfide) groups is 2. The number of rotatable bonds is 37. The van der Waals surface area contributed by atoms with Crippen molar-refractivity contribution >= 4 is 103 Å². The Labute approximate surface area is 389 Å². The largest absolute Gasteiger partial charge is 0.465 e. The molecule has 0 fully saturated rings. The molecule has 0 aromatic rings. The van der Waals surface area contributed by atoms with Crippen LogP contribution in [0.4, 0.5) is 0 Å². The van der Waals surface area contributed by atoms with E-state index < -0.39 is 0 Å². The van der Waals surface area contributed by atoms with Gasteiger partial charge < -0.3 is 9.47 Å². The molecule has 0 aromatic heterocycles. The fourth-order valence-corrected chi connectivity index (χ4v) is 8.86. The van der Waals surface area contributed by atoms with Crippen molar-refractivity contribution in [1.82, 2.24) is 0 Å². The van der Waals surface area contributed by atoms with E-state index in [1.807, 2.05) is 23.0 Å². The summed E-state index contributed by atoms with van der Waals surface area (Å²) in [5, 5.41) is 0.479. The zero-order valence-corrected chi connectivity index (χ0v) is 44.1. The minimum atomic E-state index is -0.180. The number of carbonyl (C=O) groups excluding carboxylic acids is 1. The third-order valence-electron chi connectivity index (χ3n) is 9.15. The lowest BCUT2D eigenvalue weighted by Gasteiger charge is -2.11. The van der Waals surface area contributed by atoms with Crippen molar-refractivity contribution in [3.8, 4) is 0 Å². The lowest BCUT2D eigenvalue weighted by molar-refractivity contribution is -0.142. The van der Waals surface area contributed by atoms with Crippen LogP contribution in [0.25, 0.3) is 0 Å².